The Bertz CT molecular complexity index is 1050. The van der Waals surface area contributed by atoms with Gasteiger partial charge >= 0.3 is 6.18 Å². The molecule has 1 saturated heterocycles. The van der Waals surface area contributed by atoms with E-state index in [0.29, 0.717) is 24.7 Å². The van der Waals surface area contributed by atoms with Crippen LogP contribution in [-0.2, 0) is 11.0 Å². The van der Waals surface area contributed by atoms with Crippen LogP contribution in [-0.4, -0.2) is 33.5 Å². The van der Waals surface area contributed by atoms with Gasteiger partial charge in [0, 0.05) is 12.0 Å². The normalized spacial score (nSPS) is 37.9. The molecule has 1 aliphatic heterocycles. The highest BCUT2D eigenvalue weighted by Gasteiger charge is 2.59. The van der Waals surface area contributed by atoms with Gasteiger partial charge in [0.25, 0.3) is 5.91 Å². The lowest BCUT2D eigenvalue weighted by Gasteiger charge is -2.61. The average molecular weight is 476 g/mol. The van der Waals surface area contributed by atoms with Crippen molar-refractivity contribution in [2.24, 2.45) is 23.2 Å². The van der Waals surface area contributed by atoms with Gasteiger partial charge in [-0.15, -0.1) is 0 Å². The number of benzene rings is 1. The van der Waals surface area contributed by atoms with Crippen molar-refractivity contribution in [1.82, 2.24) is 4.90 Å². The molecule has 5 rings (SSSR count). The van der Waals surface area contributed by atoms with E-state index >= 15 is 0 Å². The monoisotopic (exact) mass is 475 g/mol. The highest BCUT2D eigenvalue weighted by Crippen LogP contribution is 2.61. The van der Waals surface area contributed by atoms with Crippen molar-refractivity contribution in [2.45, 2.75) is 83.0 Å². The minimum Gasteiger partial charge on any atom is -0.393 e. The summed E-state index contributed by atoms with van der Waals surface area (Å²) in [5.74, 6) is -0.0657. The van der Waals surface area contributed by atoms with Gasteiger partial charge in [0.1, 0.15) is 0 Å². The molecular formula is C27H32F3NO3. The van der Waals surface area contributed by atoms with Gasteiger partial charge in [-0.2, -0.15) is 13.2 Å². The van der Waals surface area contributed by atoms with E-state index in [-0.39, 0.29) is 35.3 Å². The first-order valence-electron chi connectivity index (χ1n) is 12.4. The number of alkyl halides is 3. The molecule has 6 atom stereocenters. The first-order valence-corrected chi connectivity index (χ1v) is 12.4. The van der Waals surface area contributed by atoms with Crippen molar-refractivity contribution in [3.8, 4) is 0 Å². The second kappa shape index (κ2) is 7.94. The largest absolute Gasteiger partial charge is 0.416 e. The standard InChI is InChI=1S/C27H32F3NO3/c1-25-12-10-19(32)15-17(25)6-7-20-21(25)11-13-26(2)22(20)8-9-23(33)31(26)24(34)16-4-3-5-18(14-16)27(28,29)30/h3-6,14,19-22,32H,7-13,15H2,1-2H3/t19-,20+,21-,22-,25-,26-/m0/s1. The number of hydrogen-bond donors (Lipinski definition) is 1. The Hall–Kier alpha value is -2.15. The van der Waals surface area contributed by atoms with E-state index in [1.807, 2.05) is 6.92 Å². The lowest BCUT2D eigenvalue weighted by atomic mass is 9.48. The molecule has 1 aromatic carbocycles. The first-order chi connectivity index (χ1) is 15.9. The zero-order valence-corrected chi connectivity index (χ0v) is 19.7. The van der Waals surface area contributed by atoms with Crippen molar-refractivity contribution >= 4 is 11.8 Å². The Labute approximate surface area is 198 Å². The molecule has 0 spiro atoms. The number of likely N-dealkylation sites (tertiary alicyclic amines) is 1. The average Bonchev–Trinajstić information content (AvgIpc) is 2.78. The second-order valence-electron chi connectivity index (χ2n) is 11.2. The van der Waals surface area contributed by atoms with Crippen LogP contribution in [0.1, 0.15) is 81.1 Å². The summed E-state index contributed by atoms with van der Waals surface area (Å²) in [5.41, 5.74) is -0.310. The van der Waals surface area contributed by atoms with Crippen LogP contribution in [0.3, 0.4) is 0 Å². The lowest BCUT2D eigenvalue weighted by Crippen LogP contribution is -2.65. The predicted molar refractivity (Wildman–Crippen MR) is 121 cm³/mol. The minimum atomic E-state index is -4.55. The number of nitrogens with zero attached hydrogens (tertiary/aromatic N) is 1. The summed E-state index contributed by atoms with van der Waals surface area (Å²) in [5, 5.41) is 10.2. The summed E-state index contributed by atoms with van der Waals surface area (Å²) in [6.45, 7) is 4.27. The molecule has 4 aliphatic rings. The molecule has 184 valence electrons. The van der Waals surface area contributed by atoms with Crippen LogP contribution in [0.5, 0.6) is 0 Å². The minimum absolute atomic E-state index is 0.0286. The van der Waals surface area contributed by atoms with Gasteiger partial charge in [0.2, 0.25) is 5.91 Å². The molecule has 3 fully saturated rings. The number of carbonyl (C=O) groups excluding carboxylic acids is 2. The first kappa shape index (κ1) is 23.6. The maximum absolute atomic E-state index is 13.5. The third-order valence-corrected chi connectivity index (χ3v) is 9.50. The van der Waals surface area contributed by atoms with Crippen molar-refractivity contribution in [2.75, 3.05) is 0 Å². The third kappa shape index (κ3) is 3.53. The number of hydrogen-bond acceptors (Lipinski definition) is 3. The molecule has 7 heteroatoms. The smallest absolute Gasteiger partial charge is 0.393 e. The van der Waals surface area contributed by atoms with E-state index in [0.717, 1.165) is 44.2 Å². The van der Waals surface area contributed by atoms with Gasteiger partial charge < -0.3 is 5.11 Å². The number of amides is 2. The summed E-state index contributed by atoms with van der Waals surface area (Å²) >= 11 is 0. The third-order valence-electron chi connectivity index (χ3n) is 9.50. The van der Waals surface area contributed by atoms with Crippen LogP contribution in [0, 0.1) is 23.2 Å². The van der Waals surface area contributed by atoms with E-state index in [9.17, 15) is 27.9 Å². The number of allylic oxidation sites excluding steroid dienone is 1. The molecule has 1 aromatic rings. The molecule has 0 unspecified atom stereocenters. The Morgan fingerprint density at radius 3 is 2.62 bits per heavy atom. The van der Waals surface area contributed by atoms with Gasteiger partial charge in [-0.1, -0.05) is 24.6 Å². The van der Waals surface area contributed by atoms with Gasteiger partial charge in [-0.3, -0.25) is 14.5 Å². The fourth-order valence-electron chi connectivity index (χ4n) is 7.72. The highest BCUT2D eigenvalue weighted by molar-refractivity contribution is 6.06. The van der Waals surface area contributed by atoms with Crippen LogP contribution < -0.4 is 0 Å². The Kier molecular flexibility index (Phi) is 5.51. The zero-order chi connectivity index (χ0) is 24.5. The van der Waals surface area contributed by atoms with Crippen molar-refractivity contribution in [1.29, 1.82) is 0 Å². The number of imide groups is 1. The summed E-state index contributed by atoms with van der Waals surface area (Å²) in [4.78, 5) is 27.9. The van der Waals surface area contributed by atoms with Crippen molar-refractivity contribution in [3.05, 3.63) is 47.0 Å². The molecule has 1 heterocycles. The number of fused-ring (bicyclic) bond motifs is 5. The Morgan fingerprint density at radius 2 is 1.88 bits per heavy atom. The SMILES string of the molecule is C[C@]12CC[C@H](O)CC1=CC[C@@H]1[C@@H]2CC[C@@]2(C)[C@H]1CCC(=O)N2C(=O)c1cccc(C(F)(F)F)c1. The molecule has 4 nitrogen and oxygen atoms in total. The van der Waals surface area contributed by atoms with Crippen LogP contribution >= 0.6 is 0 Å². The topological polar surface area (TPSA) is 57.6 Å². The fraction of sp³-hybridized carbons (Fsp3) is 0.630. The molecule has 2 amide bonds. The van der Waals surface area contributed by atoms with Crippen LogP contribution in [0.4, 0.5) is 13.2 Å². The molecule has 0 aromatic heterocycles. The van der Waals surface area contributed by atoms with E-state index in [4.69, 9.17) is 0 Å². The van der Waals surface area contributed by atoms with Gasteiger partial charge in [-0.25, -0.2) is 0 Å². The Balaban J connectivity index is 1.48. The van der Waals surface area contributed by atoms with Crippen molar-refractivity contribution < 1.29 is 27.9 Å². The lowest BCUT2D eigenvalue weighted by molar-refractivity contribution is -0.150. The van der Waals surface area contributed by atoms with E-state index in [1.54, 1.807) is 0 Å². The summed E-state index contributed by atoms with van der Waals surface area (Å²) < 4.78 is 39.8. The molecule has 0 bridgehead atoms. The maximum atomic E-state index is 13.5. The Morgan fingerprint density at radius 1 is 1.12 bits per heavy atom. The van der Waals surface area contributed by atoms with Crippen molar-refractivity contribution in [3.63, 3.8) is 0 Å². The van der Waals surface area contributed by atoms with E-state index in [2.05, 4.69) is 13.0 Å². The number of piperidine rings is 1. The molecular weight excluding hydrogens is 443 g/mol. The predicted octanol–water partition coefficient (Wildman–Crippen LogP) is 5.75. The van der Waals surface area contributed by atoms with Gasteiger partial charge in [0.15, 0.2) is 0 Å². The zero-order valence-electron chi connectivity index (χ0n) is 19.7. The molecule has 34 heavy (non-hydrogen) atoms. The fourth-order valence-corrected chi connectivity index (χ4v) is 7.72. The quantitative estimate of drug-likeness (QED) is 0.416. The molecule has 1 N–H and O–H groups in total. The highest BCUT2D eigenvalue weighted by atomic mass is 19.4. The number of aliphatic hydroxyl groups excluding tert-OH is 1. The van der Waals surface area contributed by atoms with E-state index in [1.165, 1.54) is 22.6 Å². The van der Waals surface area contributed by atoms with Crippen LogP contribution in [0.15, 0.2) is 35.9 Å². The number of halogens is 3. The molecule has 3 aliphatic carbocycles. The second-order valence-corrected chi connectivity index (χ2v) is 11.2. The van der Waals surface area contributed by atoms with Crippen LogP contribution in [0.2, 0.25) is 0 Å². The number of rotatable bonds is 1. The number of aliphatic hydroxyl groups is 1. The van der Waals surface area contributed by atoms with Crippen LogP contribution in [0.25, 0.3) is 0 Å². The maximum Gasteiger partial charge on any atom is 0.416 e. The summed E-state index contributed by atoms with van der Waals surface area (Å²) in [7, 11) is 0. The summed E-state index contributed by atoms with van der Waals surface area (Å²) in [6.07, 6.45) is 3.22. The number of carbonyl (C=O) groups is 2. The molecule has 2 saturated carbocycles. The van der Waals surface area contributed by atoms with E-state index < -0.39 is 23.2 Å². The molecule has 0 radical (unpaired) electrons. The van der Waals surface area contributed by atoms with Gasteiger partial charge in [0.05, 0.1) is 17.2 Å². The summed E-state index contributed by atoms with van der Waals surface area (Å²) in [6, 6.07) is 4.40. The van der Waals surface area contributed by atoms with Gasteiger partial charge in [-0.05, 0) is 93.2 Å².